The Morgan fingerprint density at radius 1 is 1.33 bits per heavy atom. The SMILES string of the molecule is CO[N+](=O)c1cc(N2CCN(C=O)CC2)ccc1C(=O)O. The van der Waals surface area contributed by atoms with Crippen LogP contribution in [0.5, 0.6) is 0 Å². The molecule has 8 nitrogen and oxygen atoms in total. The number of carbonyl (C=O) groups excluding carboxylic acids is 1. The van der Waals surface area contributed by atoms with Gasteiger partial charge in [-0.1, -0.05) is 0 Å². The van der Waals surface area contributed by atoms with E-state index in [2.05, 4.69) is 4.84 Å². The molecule has 1 saturated heterocycles. The van der Waals surface area contributed by atoms with Gasteiger partial charge < -0.3 is 14.9 Å². The van der Waals surface area contributed by atoms with Crippen molar-refractivity contribution in [3.8, 4) is 0 Å². The second-order valence-electron chi connectivity index (χ2n) is 4.57. The third-order valence-electron chi connectivity index (χ3n) is 3.40. The highest BCUT2D eigenvalue weighted by Gasteiger charge is 2.27. The number of hydrogen-bond acceptors (Lipinski definition) is 5. The van der Waals surface area contributed by atoms with Crippen molar-refractivity contribution in [2.45, 2.75) is 0 Å². The maximum atomic E-state index is 11.6. The first-order valence-corrected chi connectivity index (χ1v) is 6.40. The second kappa shape index (κ2) is 6.21. The molecule has 8 heteroatoms. The molecular weight excluding hydrogens is 278 g/mol. The van der Waals surface area contributed by atoms with Gasteiger partial charge in [-0.25, -0.2) is 9.63 Å². The van der Waals surface area contributed by atoms with E-state index in [0.29, 0.717) is 26.2 Å². The Hall–Kier alpha value is -2.64. The molecule has 1 aromatic rings. The Bertz CT molecular complexity index is 567. The average molecular weight is 294 g/mol. The van der Waals surface area contributed by atoms with Gasteiger partial charge >= 0.3 is 11.7 Å². The fraction of sp³-hybridized carbons (Fsp3) is 0.385. The van der Waals surface area contributed by atoms with E-state index in [0.717, 1.165) is 12.1 Å². The molecule has 1 fully saturated rings. The summed E-state index contributed by atoms with van der Waals surface area (Å²) in [6, 6.07) is 4.51. The van der Waals surface area contributed by atoms with Crippen LogP contribution >= 0.6 is 0 Å². The monoisotopic (exact) mass is 294 g/mol. The minimum absolute atomic E-state index is 0.0553. The highest BCUT2D eigenvalue weighted by Crippen LogP contribution is 2.26. The molecular formula is C13H16N3O5+. The minimum Gasteiger partial charge on any atom is -0.477 e. The van der Waals surface area contributed by atoms with Crippen molar-refractivity contribution in [2.24, 2.45) is 0 Å². The fourth-order valence-electron chi connectivity index (χ4n) is 2.23. The van der Waals surface area contributed by atoms with E-state index in [4.69, 9.17) is 5.11 Å². The molecule has 0 bridgehead atoms. The van der Waals surface area contributed by atoms with Gasteiger partial charge in [0.2, 0.25) is 6.41 Å². The zero-order chi connectivity index (χ0) is 15.4. The first-order valence-electron chi connectivity index (χ1n) is 6.40. The summed E-state index contributed by atoms with van der Waals surface area (Å²) >= 11 is 0. The third kappa shape index (κ3) is 3.10. The van der Waals surface area contributed by atoms with Crippen LogP contribution in [0.1, 0.15) is 10.4 Å². The summed E-state index contributed by atoms with van der Waals surface area (Å²) < 4.78 is 0. The molecule has 1 aliphatic heterocycles. The number of carbonyl (C=O) groups is 2. The van der Waals surface area contributed by atoms with Crippen LogP contribution in [0.3, 0.4) is 0 Å². The number of benzene rings is 1. The van der Waals surface area contributed by atoms with Crippen LogP contribution in [0.4, 0.5) is 11.4 Å². The van der Waals surface area contributed by atoms with Gasteiger partial charge in [0.05, 0.1) is 4.91 Å². The normalized spacial score (nSPS) is 14.7. The largest absolute Gasteiger partial charge is 0.477 e. The van der Waals surface area contributed by atoms with E-state index >= 15 is 0 Å². The number of rotatable bonds is 5. The molecule has 2 rings (SSSR count). The van der Waals surface area contributed by atoms with Crippen LogP contribution in [-0.2, 0) is 9.63 Å². The number of aromatic carboxylic acids is 1. The van der Waals surface area contributed by atoms with Crippen molar-refractivity contribution in [1.29, 1.82) is 0 Å². The van der Waals surface area contributed by atoms with Crippen molar-refractivity contribution in [3.05, 3.63) is 28.7 Å². The van der Waals surface area contributed by atoms with E-state index < -0.39 is 5.97 Å². The lowest BCUT2D eigenvalue weighted by Crippen LogP contribution is -2.45. The molecule has 0 aliphatic carbocycles. The van der Waals surface area contributed by atoms with Crippen LogP contribution in [0, 0.1) is 4.91 Å². The van der Waals surface area contributed by atoms with Gasteiger partial charge in [0.25, 0.3) is 4.92 Å². The molecule has 21 heavy (non-hydrogen) atoms. The van der Waals surface area contributed by atoms with Crippen LogP contribution in [0.2, 0.25) is 0 Å². The lowest BCUT2D eigenvalue weighted by Gasteiger charge is -2.34. The Morgan fingerprint density at radius 2 is 2.00 bits per heavy atom. The predicted octanol–water partition coefficient (Wildman–Crippen LogP) is 0.635. The summed E-state index contributed by atoms with van der Waals surface area (Å²) in [5.74, 6) is -1.19. The quantitative estimate of drug-likeness (QED) is 0.633. The molecule has 1 amide bonds. The van der Waals surface area contributed by atoms with Crippen LogP contribution < -0.4 is 4.90 Å². The Kier molecular flexibility index (Phi) is 4.36. The fourth-order valence-corrected chi connectivity index (χ4v) is 2.23. The number of nitrogens with zero attached hydrogens (tertiary/aromatic N) is 3. The summed E-state index contributed by atoms with van der Waals surface area (Å²) in [6.07, 6.45) is 0.806. The molecule has 0 radical (unpaired) electrons. The lowest BCUT2D eigenvalue weighted by atomic mass is 10.1. The minimum atomic E-state index is -1.19. The third-order valence-corrected chi connectivity index (χ3v) is 3.40. The lowest BCUT2D eigenvalue weighted by molar-refractivity contribution is -0.736. The summed E-state index contributed by atoms with van der Waals surface area (Å²) in [7, 11) is 1.17. The zero-order valence-corrected chi connectivity index (χ0v) is 11.6. The van der Waals surface area contributed by atoms with Gasteiger partial charge in [-0.15, -0.1) is 0 Å². The van der Waals surface area contributed by atoms with E-state index in [-0.39, 0.29) is 16.2 Å². The van der Waals surface area contributed by atoms with Gasteiger partial charge in [0.1, 0.15) is 5.56 Å². The Labute approximate surface area is 121 Å². The predicted molar refractivity (Wildman–Crippen MR) is 73.5 cm³/mol. The highest BCUT2D eigenvalue weighted by atomic mass is 16.8. The van der Waals surface area contributed by atoms with Crippen molar-refractivity contribution in [3.63, 3.8) is 0 Å². The Morgan fingerprint density at radius 3 is 2.52 bits per heavy atom. The standard InChI is InChI=1S/C13H15N3O5/c1-21-16(20)12-8-10(2-3-11(12)13(18)19)15-6-4-14(9-17)5-7-15/h2-3,8-9H,4-7H2,1H3/p+1. The summed E-state index contributed by atoms with van der Waals surface area (Å²) in [6.45, 7) is 2.42. The van der Waals surface area contributed by atoms with Gasteiger partial charge in [0, 0.05) is 37.9 Å². The Balaban J connectivity index is 2.27. The van der Waals surface area contributed by atoms with Crippen LogP contribution in [0.15, 0.2) is 18.2 Å². The number of hydrogen-bond donors (Lipinski definition) is 1. The van der Waals surface area contributed by atoms with E-state index in [9.17, 15) is 14.5 Å². The molecule has 0 aromatic heterocycles. The smallest absolute Gasteiger partial charge is 0.342 e. The summed E-state index contributed by atoms with van der Waals surface area (Å²) in [4.78, 5) is 41.8. The van der Waals surface area contributed by atoms with Gasteiger partial charge in [-0.2, -0.15) is 0 Å². The number of anilines is 1. The summed E-state index contributed by atoms with van der Waals surface area (Å²) in [5, 5.41) is 9.10. The summed E-state index contributed by atoms with van der Waals surface area (Å²) in [5.41, 5.74) is 0.542. The van der Waals surface area contributed by atoms with Gasteiger partial charge in [0.15, 0.2) is 7.11 Å². The molecule has 0 spiro atoms. The van der Waals surface area contributed by atoms with Gasteiger partial charge in [-0.05, 0) is 12.1 Å². The number of amides is 1. The second-order valence-corrected chi connectivity index (χ2v) is 4.57. The highest BCUT2D eigenvalue weighted by molar-refractivity contribution is 5.93. The maximum absolute atomic E-state index is 11.6. The average Bonchev–Trinajstić information content (AvgIpc) is 2.53. The number of carboxylic acid groups (broad SMARTS) is 1. The molecule has 1 aliphatic rings. The molecule has 0 atom stereocenters. The van der Waals surface area contributed by atoms with Crippen molar-refractivity contribution >= 4 is 23.8 Å². The number of carboxylic acids is 1. The first-order chi connectivity index (χ1) is 10.1. The maximum Gasteiger partial charge on any atom is 0.342 e. The van der Waals surface area contributed by atoms with Crippen molar-refractivity contribution in [1.82, 2.24) is 4.90 Å². The van der Waals surface area contributed by atoms with Crippen molar-refractivity contribution in [2.75, 3.05) is 38.2 Å². The van der Waals surface area contributed by atoms with E-state index in [1.54, 1.807) is 11.0 Å². The molecule has 112 valence electrons. The van der Waals surface area contributed by atoms with Crippen LogP contribution in [0.25, 0.3) is 0 Å². The van der Waals surface area contributed by atoms with Gasteiger partial charge in [-0.3, -0.25) is 4.79 Å². The van der Waals surface area contributed by atoms with Crippen LogP contribution in [-0.4, -0.2) is 60.6 Å². The molecule has 1 heterocycles. The van der Waals surface area contributed by atoms with Crippen molar-refractivity contribution < 1.29 is 24.5 Å². The molecule has 1 aromatic carbocycles. The topological polar surface area (TPSA) is 90.2 Å². The number of piperazine rings is 1. The first kappa shape index (κ1) is 14.8. The molecule has 1 N–H and O–H groups in total. The van der Waals surface area contributed by atoms with E-state index in [1.165, 1.54) is 19.2 Å². The molecule has 0 unspecified atom stereocenters. The molecule has 0 saturated carbocycles. The van der Waals surface area contributed by atoms with E-state index in [1.807, 2.05) is 4.90 Å². The zero-order valence-electron chi connectivity index (χ0n) is 11.6.